The van der Waals surface area contributed by atoms with Crippen molar-refractivity contribution in [3.63, 3.8) is 0 Å². The van der Waals surface area contributed by atoms with E-state index < -0.39 is 0 Å². The molecule has 0 saturated carbocycles. The number of aromatic amines is 1. The Morgan fingerprint density at radius 2 is 1.52 bits per heavy atom. The zero-order valence-electron chi connectivity index (χ0n) is 16.3. The molecule has 4 aromatic rings. The molecular weight excluding hydrogens is 356 g/mol. The van der Waals surface area contributed by atoms with Crippen LogP contribution in [0, 0.1) is 6.92 Å². The van der Waals surface area contributed by atoms with Gasteiger partial charge in [0.05, 0.1) is 16.9 Å². The monoisotopic (exact) mass is 378 g/mol. The molecule has 1 aliphatic rings. The summed E-state index contributed by atoms with van der Waals surface area (Å²) in [6.07, 6.45) is 2.94. The van der Waals surface area contributed by atoms with Crippen LogP contribution in [-0.4, -0.2) is 9.78 Å². The van der Waals surface area contributed by atoms with Crippen molar-refractivity contribution >= 4 is 11.6 Å². The summed E-state index contributed by atoms with van der Waals surface area (Å²) < 4.78 is 1.66. The Morgan fingerprint density at radius 3 is 2.21 bits per heavy atom. The molecule has 3 aromatic carbocycles. The third-order valence-electron chi connectivity index (χ3n) is 5.69. The largest absolute Gasteiger partial charge is 0.291 e. The zero-order valence-corrected chi connectivity index (χ0v) is 16.3. The number of aromatic nitrogens is 2. The molecule has 0 fully saturated rings. The number of rotatable bonds is 3. The molecule has 0 saturated heterocycles. The lowest BCUT2D eigenvalue weighted by Crippen LogP contribution is -2.21. The van der Waals surface area contributed by atoms with Gasteiger partial charge < -0.3 is 0 Å². The first-order valence-electron chi connectivity index (χ1n) is 9.93. The van der Waals surface area contributed by atoms with E-state index in [2.05, 4.69) is 66.6 Å². The van der Waals surface area contributed by atoms with Crippen LogP contribution in [0.4, 0.5) is 0 Å². The minimum absolute atomic E-state index is 0.0273. The Kier molecular flexibility index (Phi) is 4.28. The quantitative estimate of drug-likeness (QED) is 0.499. The highest BCUT2D eigenvalue weighted by molar-refractivity contribution is 5.84. The number of aryl methyl sites for hydroxylation is 1. The fourth-order valence-corrected chi connectivity index (χ4v) is 4.16. The number of fused-ring (bicyclic) bond motifs is 1. The van der Waals surface area contributed by atoms with Crippen LogP contribution in [0.25, 0.3) is 17.3 Å². The number of hydrogen-bond acceptors (Lipinski definition) is 1. The van der Waals surface area contributed by atoms with Crippen molar-refractivity contribution in [1.29, 1.82) is 0 Å². The number of nitrogens with zero attached hydrogens (tertiary/aromatic N) is 1. The summed E-state index contributed by atoms with van der Waals surface area (Å²) in [5.74, 6) is 0.0273. The third kappa shape index (κ3) is 3.15. The summed E-state index contributed by atoms with van der Waals surface area (Å²) in [6, 6.07) is 28.7. The molecule has 0 spiro atoms. The summed E-state index contributed by atoms with van der Waals surface area (Å²) in [7, 11) is 0. The van der Waals surface area contributed by atoms with Gasteiger partial charge in [0, 0.05) is 5.92 Å². The van der Waals surface area contributed by atoms with Gasteiger partial charge in [-0.3, -0.25) is 9.89 Å². The van der Waals surface area contributed by atoms with Crippen LogP contribution in [0.15, 0.2) is 89.7 Å². The van der Waals surface area contributed by atoms with E-state index in [1.165, 1.54) is 22.3 Å². The minimum Gasteiger partial charge on any atom is -0.291 e. The van der Waals surface area contributed by atoms with E-state index in [-0.39, 0.29) is 11.5 Å². The molecule has 0 aliphatic heterocycles. The first kappa shape index (κ1) is 17.5. The molecule has 0 radical (unpaired) electrons. The van der Waals surface area contributed by atoms with Crippen LogP contribution in [0.1, 0.15) is 40.3 Å². The van der Waals surface area contributed by atoms with Crippen LogP contribution < -0.4 is 5.56 Å². The predicted molar refractivity (Wildman–Crippen MR) is 118 cm³/mol. The lowest BCUT2D eigenvalue weighted by Gasteiger charge is -2.23. The molecule has 1 aromatic heterocycles. The number of hydrogen-bond donors (Lipinski definition) is 1. The molecule has 3 nitrogen and oxygen atoms in total. The van der Waals surface area contributed by atoms with Gasteiger partial charge in [-0.05, 0) is 48.3 Å². The molecule has 0 bridgehead atoms. The van der Waals surface area contributed by atoms with Gasteiger partial charge in [-0.2, -0.15) is 0 Å². The molecule has 1 unspecified atom stereocenters. The van der Waals surface area contributed by atoms with Crippen LogP contribution >= 0.6 is 0 Å². The van der Waals surface area contributed by atoms with E-state index in [1.54, 1.807) is 4.68 Å². The van der Waals surface area contributed by atoms with Crippen LogP contribution in [0.5, 0.6) is 0 Å². The first-order chi connectivity index (χ1) is 14.2. The highest BCUT2D eigenvalue weighted by atomic mass is 16.1. The minimum atomic E-state index is 0.0273. The standard InChI is InChI=1S/C26H22N2O/c1-18-12-14-20(15-13-18)23-16-21(19-8-4-2-5-9-19)17-24-25(23)26(29)28(27-24)22-10-6-3-7-11-22/h2-15,17,23,27H,16H2,1H3. The van der Waals surface area contributed by atoms with E-state index in [1.807, 2.05) is 36.4 Å². The molecule has 1 heterocycles. The fourth-order valence-electron chi connectivity index (χ4n) is 4.16. The SMILES string of the molecule is Cc1ccc(C2CC(c3ccccc3)=Cc3[nH]n(-c4ccccc4)c(=O)c32)cc1. The number of para-hydroxylation sites is 1. The number of nitrogens with one attached hydrogen (secondary N) is 1. The fraction of sp³-hybridized carbons (Fsp3) is 0.115. The van der Waals surface area contributed by atoms with Gasteiger partial charge >= 0.3 is 0 Å². The van der Waals surface area contributed by atoms with Crippen molar-refractivity contribution in [3.05, 3.63) is 123 Å². The molecule has 29 heavy (non-hydrogen) atoms. The van der Waals surface area contributed by atoms with E-state index in [0.29, 0.717) is 0 Å². The van der Waals surface area contributed by atoms with Gasteiger partial charge in [0.15, 0.2) is 0 Å². The van der Waals surface area contributed by atoms with Gasteiger partial charge in [-0.15, -0.1) is 0 Å². The molecule has 1 atom stereocenters. The second-order valence-corrected chi connectivity index (χ2v) is 7.62. The Hall–Kier alpha value is -3.59. The van der Waals surface area contributed by atoms with Gasteiger partial charge in [0.25, 0.3) is 5.56 Å². The van der Waals surface area contributed by atoms with Crippen LogP contribution in [0.3, 0.4) is 0 Å². The third-order valence-corrected chi connectivity index (χ3v) is 5.69. The van der Waals surface area contributed by atoms with Gasteiger partial charge in [0.2, 0.25) is 0 Å². The van der Waals surface area contributed by atoms with Crippen molar-refractivity contribution in [2.24, 2.45) is 0 Å². The van der Waals surface area contributed by atoms with Crippen molar-refractivity contribution in [2.75, 3.05) is 0 Å². The Morgan fingerprint density at radius 1 is 0.862 bits per heavy atom. The molecule has 142 valence electrons. The van der Waals surface area contributed by atoms with Crippen molar-refractivity contribution in [3.8, 4) is 5.69 Å². The van der Waals surface area contributed by atoms with Crippen LogP contribution in [0.2, 0.25) is 0 Å². The normalized spacial score (nSPS) is 15.6. The molecule has 1 aliphatic carbocycles. The van der Waals surface area contributed by atoms with E-state index in [0.717, 1.165) is 23.4 Å². The zero-order chi connectivity index (χ0) is 19.8. The molecule has 0 amide bonds. The maximum absolute atomic E-state index is 13.4. The van der Waals surface area contributed by atoms with Gasteiger partial charge in [-0.25, -0.2) is 4.68 Å². The average Bonchev–Trinajstić information content (AvgIpc) is 3.11. The number of benzene rings is 3. The Balaban J connectivity index is 1.71. The van der Waals surface area contributed by atoms with Gasteiger partial charge in [0.1, 0.15) is 0 Å². The molecule has 3 heteroatoms. The topological polar surface area (TPSA) is 37.8 Å². The van der Waals surface area contributed by atoms with E-state index in [4.69, 9.17) is 0 Å². The summed E-state index contributed by atoms with van der Waals surface area (Å²) in [6.45, 7) is 2.09. The van der Waals surface area contributed by atoms with Crippen molar-refractivity contribution in [1.82, 2.24) is 9.78 Å². The number of allylic oxidation sites excluding steroid dienone is 1. The highest BCUT2D eigenvalue weighted by Crippen LogP contribution is 2.40. The second-order valence-electron chi connectivity index (χ2n) is 7.62. The van der Waals surface area contributed by atoms with E-state index in [9.17, 15) is 4.79 Å². The number of H-pyrrole nitrogens is 1. The van der Waals surface area contributed by atoms with Crippen molar-refractivity contribution < 1.29 is 0 Å². The maximum Gasteiger partial charge on any atom is 0.275 e. The summed E-state index contributed by atoms with van der Waals surface area (Å²) in [5.41, 5.74) is 7.46. The molecular formula is C26H22N2O. The highest BCUT2D eigenvalue weighted by Gasteiger charge is 2.29. The summed E-state index contributed by atoms with van der Waals surface area (Å²) in [4.78, 5) is 13.4. The van der Waals surface area contributed by atoms with Crippen molar-refractivity contribution in [2.45, 2.75) is 19.3 Å². The lowest BCUT2D eigenvalue weighted by atomic mass is 9.80. The maximum atomic E-state index is 13.4. The summed E-state index contributed by atoms with van der Waals surface area (Å²) >= 11 is 0. The van der Waals surface area contributed by atoms with Gasteiger partial charge in [-0.1, -0.05) is 78.4 Å². The second kappa shape index (κ2) is 7.10. The molecule has 1 N–H and O–H groups in total. The van der Waals surface area contributed by atoms with E-state index >= 15 is 0 Å². The Labute approximate surface area is 170 Å². The average molecular weight is 378 g/mol. The Bertz CT molecular complexity index is 1230. The smallest absolute Gasteiger partial charge is 0.275 e. The lowest BCUT2D eigenvalue weighted by molar-refractivity contribution is 0.814. The molecule has 5 rings (SSSR count). The predicted octanol–water partition coefficient (Wildman–Crippen LogP) is 5.55. The first-order valence-corrected chi connectivity index (χ1v) is 9.93. The summed E-state index contributed by atoms with van der Waals surface area (Å²) in [5, 5.41) is 3.36. The van der Waals surface area contributed by atoms with Crippen LogP contribution in [-0.2, 0) is 0 Å².